The van der Waals surface area contributed by atoms with Crippen LogP contribution in [-0.4, -0.2) is 10.6 Å². The Labute approximate surface area is 98.2 Å². The van der Waals surface area contributed by atoms with Crippen LogP contribution in [0.25, 0.3) is 0 Å². The Morgan fingerprint density at radius 3 is 1.94 bits per heavy atom. The van der Waals surface area contributed by atoms with E-state index in [1.165, 1.54) is 6.08 Å². The van der Waals surface area contributed by atoms with Crippen LogP contribution in [0.5, 0.6) is 0 Å². The minimum absolute atomic E-state index is 0.00132. The summed E-state index contributed by atoms with van der Waals surface area (Å²) in [7, 11) is 0. The smallest absolute Gasteiger partial charge is 0.135 e. The normalized spacial score (nSPS) is 19.0. The van der Waals surface area contributed by atoms with Gasteiger partial charge in [-0.3, -0.25) is 0 Å². The van der Waals surface area contributed by atoms with Crippen molar-refractivity contribution in [1.82, 2.24) is 0 Å². The van der Waals surface area contributed by atoms with E-state index in [0.717, 1.165) is 6.42 Å². The lowest BCUT2D eigenvalue weighted by molar-refractivity contribution is 0.214. The number of aliphatic hydroxyl groups is 1. The van der Waals surface area contributed by atoms with Crippen LogP contribution in [0.3, 0.4) is 0 Å². The molecule has 0 rings (SSSR count). The third-order valence-corrected chi connectivity index (χ3v) is 3.46. The molecule has 4 heteroatoms. The molecule has 0 bridgehead atoms. The minimum atomic E-state index is -0.467. The van der Waals surface area contributed by atoms with E-state index in [1.807, 2.05) is 27.7 Å². The summed E-state index contributed by atoms with van der Waals surface area (Å²) < 4.78 is 0. The third-order valence-electron chi connectivity index (χ3n) is 3.46. The summed E-state index contributed by atoms with van der Waals surface area (Å²) in [6.45, 7) is 9.47. The Morgan fingerprint density at radius 2 is 1.69 bits per heavy atom. The largest absolute Gasteiger partial charge is 0.506 e. The predicted molar refractivity (Wildman–Crippen MR) is 68.5 cm³/mol. The Kier molecular flexibility index (Phi) is 4.44. The predicted octanol–water partition coefficient (Wildman–Crippen LogP) is 1.73. The van der Waals surface area contributed by atoms with E-state index in [4.69, 9.17) is 17.2 Å². The Morgan fingerprint density at radius 1 is 1.25 bits per heavy atom. The van der Waals surface area contributed by atoms with Crippen LogP contribution in [0.15, 0.2) is 23.2 Å². The van der Waals surface area contributed by atoms with Crippen LogP contribution in [0.2, 0.25) is 0 Å². The molecule has 0 aliphatic heterocycles. The fraction of sp³-hybridized carbons (Fsp3) is 0.667. The zero-order valence-corrected chi connectivity index (χ0v) is 11.0. The number of aliphatic hydroxyl groups excluding tert-OH is 1. The van der Waals surface area contributed by atoms with E-state index in [2.05, 4.69) is 0 Å². The lowest BCUT2D eigenvalue weighted by Crippen LogP contribution is -2.51. The van der Waals surface area contributed by atoms with Gasteiger partial charge in [0.25, 0.3) is 0 Å². The van der Waals surface area contributed by atoms with Crippen molar-refractivity contribution in [3.63, 3.8) is 0 Å². The molecule has 4 nitrogen and oxygen atoms in total. The second-order valence-corrected chi connectivity index (χ2v) is 5.08. The van der Waals surface area contributed by atoms with E-state index in [-0.39, 0.29) is 11.2 Å². The maximum atomic E-state index is 9.58. The van der Waals surface area contributed by atoms with Gasteiger partial charge < -0.3 is 22.3 Å². The average Bonchev–Trinajstić information content (AvgIpc) is 2.14. The highest BCUT2D eigenvalue weighted by atomic mass is 16.3. The van der Waals surface area contributed by atoms with Crippen molar-refractivity contribution < 1.29 is 5.11 Å². The molecule has 0 heterocycles. The summed E-state index contributed by atoms with van der Waals surface area (Å²) >= 11 is 0. The maximum Gasteiger partial charge on any atom is 0.135 e. The summed E-state index contributed by atoms with van der Waals surface area (Å²) in [5.74, 6) is 0.00132. The quantitative estimate of drug-likeness (QED) is 0.434. The zero-order chi connectivity index (χ0) is 13.1. The molecule has 7 N–H and O–H groups in total. The van der Waals surface area contributed by atoms with Crippen molar-refractivity contribution in [1.29, 1.82) is 0 Å². The molecule has 16 heavy (non-hydrogen) atoms. The molecular weight excluding hydrogens is 202 g/mol. The highest BCUT2D eigenvalue weighted by Crippen LogP contribution is 2.37. The highest BCUT2D eigenvalue weighted by molar-refractivity contribution is 5.26. The number of hydrogen-bond acceptors (Lipinski definition) is 4. The van der Waals surface area contributed by atoms with E-state index in [0.29, 0.717) is 11.4 Å². The number of rotatable bonds is 4. The highest BCUT2D eigenvalue weighted by Gasteiger charge is 2.38. The van der Waals surface area contributed by atoms with Crippen molar-refractivity contribution in [2.45, 2.75) is 46.6 Å². The van der Waals surface area contributed by atoms with Gasteiger partial charge in [-0.2, -0.15) is 0 Å². The van der Waals surface area contributed by atoms with Gasteiger partial charge in [0.2, 0.25) is 0 Å². The minimum Gasteiger partial charge on any atom is -0.506 e. The fourth-order valence-corrected chi connectivity index (χ4v) is 1.45. The van der Waals surface area contributed by atoms with Gasteiger partial charge in [-0.15, -0.1) is 0 Å². The van der Waals surface area contributed by atoms with Gasteiger partial charge in [-0.25, -0.2) is 0 Å². The van der Waals surface area contributed by atoms with Crippen LogP contribution in [0, 0.1) is 5.41 Å². The summed E-state index contributed by atoms with van der Waals surface area (Å²) in [6.07, 6.45) is 2.28. The first-order chi connectivity index (χ1) is 7.06. The Balaban J connectivity index is 5.39. The standard InChI is InChI=1S/C12H25N3O/c1-6-12(5,11(3,4)15)10(14)7-9(16)8(2)13/h7,16H,6,13-15H2,1-5H3/b9-8-,10-7-. The summed E-state index contributed by atoms with van der Waals surface area (Å²) in [6, 6.07) is 0. The molecule has 0 aromatic heterocycles. The second kappa shape index (κ2) is 4.78. The molecule has 0 saturated heterocycles. The topological polar surface area (TPSA) is 98.3 Å². The van der Waals surface area contributed by atoms with Crippen molar-refractivity contribution in [2.75, 3.05) is 0 Å². The summed E-state index contributed by atoms with van der Waals surface area (Å²) in [5.41, 5.74) is 17.7. The van der Waals surface area contributed by atoms with Gasteiger partial charge in [0.05, 0.1) is 0 Å². The SMILES string of the molecule is CCC(C)(/C(N)=C/C(O)=C(\C)N)C(C)(C)N. The molecule has 0 radical (unpaired) electrons. The Bertz CT molecular complexity index is 309. The molecule has 0 amide bonds. The fourth-order valence-electron chi connectivity index (χ4n) is 1.45. The van der Waals surface area contributed by atoms with E-state index in [9.17, 15) is 5.11 Å². The summed E-state index contributed by atoms with van der Waals surface area (Å²) in [5, 5.41) is 9.58. The lowest BCUT2D eigenvalue weighted by atomic mass is 9.69. The first-order valence-corrected chi connectivity index (χ1v) is 5.48. The molecule has 0 aromatic carbocycles. The van der Waals surface area contributed by atoms with Crippen molar-refractivity contribution in [2.24, 2.45) is 22.6 Å². The van der Waals surface area contributed by atoms with Gasteiger partial charge in [0.15, 0.2) is 0 Å². The molecule has 0 fully saturated rings. The van der Waals surface area contributed by atoms with Crippen LogP contribution >= 0.6 is 0 Å². The van der Waals surface area contributed by atoms with Gasteiger partial charge in [0, 0.05) is 28.4 Å². The second-order valence-electron chi connectivity index (χ2n) is 5.08. The van der Waals surface area contributed by atoms with Crippen LogP contribution < -0.4 is 17.2 Å². The van der Waals surface area contributed by atoms with Gasteiger partial charge in [-0.05, 0) is 27.2 Å². The van der Waals surface area contributed by atoms with E-state index < -0.39 is 5.54 Å². The van der Waals surface area contributed by atoms with Crippen molar-refractivity contribution in [3.05, 3.63) is 23.2 Å². The molecular formula is C12H25N3O. The van der Waals surface area contributed by atoms with E-state index >= 15 is 0 Å². The lowest BCUT2D eigenvalue weighted by Gasteiger charge is -2.41. The first-order valence-electron chi connectivity index (χ1n) is 5.48. The molecule has 0 spiro atoms. The van der Waals surface area contributed by atoms with Crippen molar-refractivity contribution in [3.8, 4) is 0 Å². The Hall–Kier alpha value is -1.16. The van der Waals surface area contributed by atoms with Crippen LogP contribution in [0.1, 0.15) is 41.0 Å². The van der Waals surface area contributed by atoms with E-state index in [1.54, 1.807) is 6.92 Å². The van der Waals surface area contributed by atoms with Crippen LogP contribution in [0.4, 0.5) is 0 Å². The average molecular weight is 227 g/mol. The number of allylic oxidation sites excluding steroid dienone is 2. The summed E-state index contributed by atoms with van der Waals surface area (Å²) in [4.78, 5) is 0. The molecule has 0 saturated carbocycles. The molecule has 1 unspecified atom stereocenters. The maximum absolute atomic E-state index is 9.58. The third kappa shape index (κ3) is 2.92. The molecule has 0 aromatic rings. The number of nitrogens with two attached hydrogens (primary N) is 3. The van der Waals surface area contributed by atoms with Crippen molar-refractivity contribution >= 4 is 0 Å². The monoisotopic (exact) mass is 227 g/mol. The zero-order valence-electron chi connectivity index (χ0n) is 11.0. The molecule has 0 aliphatic rings. The van der Waals surface area contributed by atoms with Gasteiger partial charge in [-0.1, -0.05) is 13.8 Å². The molecule has 0 aliphatic carbocycles. The molecule has 1 atom stereocenters. The van der Waals surface area contributed by atoms with Gasteiger partial charge >= 0.3 is 0 Å². The van der Waals surface area contributed by atoms with Gasteiger partial charge in [0.1, 0.15) is 5.76 Å². The molecule has 94 valence electrons. The van der Waals surface area contributed by atoms with Crippen LogP contribution in [-0.2, 0) is 0 Å². The first kappa shape index (κ1) is 14.8. The number of hydrogen-bond donors (Lipinski definition) is 4.